The maximum absolute atomic E-state index is 11.2. The minimum absolute atomic E-state index is 0.0689. The molecule has 0 radical (unpaired) electrons. The van der Waals surface area contributed by atoms with Crippen LogP contribution in [0.4, 0.5) is 0 Å². The average molecular weight is 701 g/mol. The lowest BCUT2D eigenvalue weighted by atomic mass is 10.2. The van der Waals surface area contributed by atoms with Crippen molar-refractivity contribution in [3.63, 3.8) is 0 Å². The summed E-state index contributed by atoms with van der Waals surface area (Å²) in [6, 6.07) is 0. The summed E-state index contributed by atoms with van der Waals surface area (Å²) in [5.74, 6) is -0.189. The Hall–Kier alpha value is -1.05. The highest BCUT2D eigenvalue weighted by Crippen LogP contribution is 2.13. The van der Waals surface area contributed by atoms with Gasteiger partial charge in [-0.2, -0.15) is 0 Å². The van der Waals surface area contributed by atoms with Gasteiger partial charge in [0.2, 0.25) is 0 Å². The van der Waals surface area contributed by atoms with Gasteiger partial charge in [-0.25, -0.2) is 0 Å². The fourth-order valence-electron chi connectivity index (χ4n) is 3.87. The average Bonchev–Trinajstić information content (AvgIpc) is 3.10. The summed E-state index contributed by atoms with van der Waals surface area (Å²) >= 11 is 0. The van der Waals surface area contributed by atoms with Crippen molar-refractivity contribution >= 4 is 5.97 Å². The molecule has 1 saturated heterocycles. The largest absolute Gasteiger partial charge is 0.463 e. The first-order chi connectivity index (χ1) is 23.8. The molecule has 1 aliphatic heterocycles. The van der Waals surface area contributed by atoms with Gasteiger partial charge in [-0.15, -0.1) is 0 Å². The Labute approximate surface area is 287 Å². The van der Waals surface area contributed by atoms with Gasteiger partial charge in [-0.1, -0.05) is 6.92 Å². The molecule has 0 aromatic carbocycles. The van der Waals surface area contributed by atoms with Crippen molar-refractivity contribution in [1.29, 1.82) is 0 Å². The first-order valence-electron chi connectivity index (χ1n) is 17.6. The summed E-state index contributed by atoms with van der Waals surface area (Å²) in [6.45, 7) is 14.5. The van der Waals surface area contributed by atoms with Gasteiger partial charge < -0.3 is 66.3 Å². The second-order valence-electron chi connectivity index (χ2n) is 10.4. The molecule has 1 unspecified atom stereocenters. The van der Waals surface area contributed by atoms with Crippen LogP contribution in [0.5, 0.6) is 0 Å². The van der Waals surface area contributed by atoms with E-state index in [0.29, 0.717) is 158 Å². The molecule has 0 amide bonds. The molecule has 48 heavy (non-hydrogen) atoms. The smallest absolute Gasteiger partial charge is 0.305 e. The molecule has 1 atom stereocenters. The molecule has 0 N–H and O–H groups in total. The van der Waals surface area contributed by atoms with Crippen LogP contribution in [-0.2, 0) is 71.1 Å². The van der Waals surface area contributed by atoms with Crippen LogP contribution in [0.1, 0.15) is 39.0 Å². The van der Waals surface area contributed by atoms with E-state index < -0.39 is 0 Å². The van der Waals surface area contributed by atoms with Crippen molar-refractivity contribution in [3.05, 3.63) is 0 Å². The fourth-order valence-corrected chi connectivity index (χ4v) is 3.87. The first-order valence-corrected chi connectivity index (χ1v) is 17.6. The molecule has 0 saturated carbocycles. The van der Waals surface area contributed by atoms with Gasteiger partial charge in [0.25, 0.3) is 0 Å². The van der Waals surface area contributed by atoms with Crippen LogP contribution >= 0.6 is 0 Å². The van der Waals surface area contributed by atoms with Crippen molar-refractivity contribution in [2.45, 2.75) is 45.3 Å². The standard InChI is InChI=1S/C33H64O15/c1-2-5-32(34)46-30-28-44-26-24-42-22-20-40-18-16-38-14-12-36-10-8-35-9-11-37-13-15-39-17-19-41-21-23-43-25-27-45-29-31-48-33-6-3-4-7-47-33/h33H,2-31H2,1H3. The van der Waals surface area contributed by atoms with Crippen molar-refractivity contribution < 1.29 is 71.1 Å². The Morgan fingerprint density at radius 2 is 0.771 bits per heavy atom. The second kappa shape index (κ2) is 38.7. The first kappa shape index (κ1) is 45.0. The Bertz CT molecular complexity index is 640. The third kappa shape index (κ3) is 34.8. The highest BCUT2D eigenvalue weighted by molar-refractivity contribution is 5.69. The molecule has 286 valence electrons. The van der Waals surface area contributed by atoms with Crippen LogP contribution < -0.4 is 0 Å². The number of hydrogen-bond acceptors (Lipinski definition) is 15. The van der Waals surface area contributed by atoms with E-state index in [-0.39, 0.29) is 18.9 Å². The summed E-state index contributed by atoms with van der Waals surface area (Å²) in [7, 11) is 0. The van der Waals surface area contributed by atoms with E-state index in [1.807, 2.05) is 6.92 Å². The number of carbonyl (C=O) groups is 1. The minimum atomic E-state index is -0.189. The van der Waals surface area contributed by atoms with E-state index in [1.54, 1.807) is 0 Å². The van der Waals surface area contributed by atoms with Crippen LogP contribution in [0.2, 0.25) is 0 Å². The summed E-state index contributed by atoms with van der Waals surface area (Å²) in [4.78, 5) is 11.2. The Morgan fingerprint density at radius 3 is 1.06 bits per heavy atom. The van der Waals surface area contributed by atoms with Gasteiger partial charge >= 0.3 is 5.97 Å². The highest BCUT2D eigenvalue weighted by Gasteiger charge is 2.13. The number of ether oxygens (including phenoxy) is 14. The van der Waals surface area contributed by atoms with E-state index in [4.69, 9.17) is 66.3 Å². The van der Waals surface area contributed by atoms with Crippen molar-refractivity contribution in [3.8, 4) is 0 Å². The molecule has 0 bridgehead atoms. The van der Waals surface area contributed by atoms with Crippen molar-refractivity contribution in [2.24, 2.45) is 0 Å². The van der Waals surface area contributed by atoms with Crippen LogP contribution in [0.25, 0.3) is 0 Å². The summed E-state index contributed by atoms with van der Waals surface area (Å²) < 4.78 is 76.1. The second-order valence-corrected chi connectivity index (χ2v) is 10.4. The predicted molar refractivity (Wildman–Crippen MR) is 174 cm³/mol. The maximum Gasteiger partial charge on any atom is 0.305 e. The van der Waals surface area contributed by atoms with E-state index in [2.05, 4.69) is 0 Å². The molecule has 1 aliphatic rings. The molecule has 0 aliphatic carbocycles. The van der Waals surface area contributed by atoms with Gasteiger partial charge in [-0.3, -0.25) is 4.79 Å². The predicted octanol–water partition coefficient (Wildman–Crippen LogP) is 2.06. The van der Waals surface area contributed by atoms with E-state index >= 15 is 0 Å². The van der Waals surface area contributed by atoms with Gasteiger partial charge in [0.1, 0.15) is 6.61 Å². The number of esters is 1. The zero-order chi connectivity index (χ0) is 34.3. The topological polar surface area (TPSA) is 146 Å². The molecule has 1 fully saturated rings. The minimum Gasteiger partial charge on any atom is -0.463 e. The molecule has 0 aromatic heterocycles. The van der Waals surface area contributed by atoms with Crippen LogP contribution in [0.3, 0.4) is 0 Å². The van der Waals surface area contributed by atoms with Crippen molar-refractivity contribution in [1.82, 2.24) is 0 Å². The lowest BCUT2D eigenvalue weighted by Gasteiger charge is -2.22. The molecule has 0 aromatic rings. The number of carbonyl (C=O) groups excluding carboxylic acids is 1. The quantitative estimate of drug-likeness (QED) is 0.0681. The van der Waals surface area contributed by atoms with E-state index in [9.17, 15) is 4.79 Å². The zero-order valence-corrected chi connectivity index (χ0v) is 29.4. The molecular weight excluding hydrogens is 636 g/mol. The van der Waals surface area contributed by atoms with Gasteiger partial charge in [0, 0.05) is 13.0 Å². The molecule has 1 rings (SSSR count). The van der Waals surface area contributed by atoms with E-state index in [1.165, 1.54) is 0 Å². The monoisotopic (exact) mass is 700 g/mol. The molecular formula is C33H64O15. The van der Waals surface area contributed by atoms with Crippen LogP contribution in [0, 0.1) is 0 Å². The highest BCUT2D eigenvalue weighted by atomic mass is 16.7. The maximum atomic E-state index is 11.2. The summed E-state index contributed by atoms with van der Waals surface area (Å²) in [5.41, 5.74) is 0. The SMILES string of the molecule is CCCC(=O)OCCOCCOCCOCCOCCOCCOCCOCCOCCOCCOCCOCCOC1CCCCO1. The zero-order valence-electron chi connectivity index (χ0n) is 29.4. The van der Waals surface area contributed by atoms with Gasteiger partial charge in [-0.05, 0) is 25.7 Å². The lowest BCUT2D eigenvalue weighted by molar-refractivity contribution is -0.169. The third-order valence-electron chi connectivity index (χ3n) is 6.33. The number of hydrogen-bond donors (Lipinski definition) is 0. The van der Waals surface area contributed by atoms with Crippen LogP contribution in [-0.4, -0.2) is 177 Å². The van der Waals surface area contributed by atoms with Crippen LogP contribution in [0.15, 0.2) is 0 Å². The molecule has 15 heteroatoms. The van der Waals surface area contributed by atoms with E-state index in [0.717, 1.165) is 32.3 Å². The normalized spacial score (nSPS) is 14.9. The van der Waals surface area contributed by atoms with Gasteiger partial charge in [0.05, 0.1) is 152 Å². The third-order valence-corrected chi connectivity index (χ3v) is 6.33. The molecule has 1 heterocycles. The molecule has 15 nitrogen and oxygen atoms in total. The van der Waals surface area contributed by atoms with Crippen molar-refractivity contribution in [2.75, 3.05) is 165 Å². The molecule has 0 spiro atoms. The summed E-state index contributed by atoms with van der Waals surface area (Å²) in [6.07, 6.45) is 4.41. The fraction of sp³-hybridized carbons (Fsp3) is 0.970. The Kier molecular flexibility index (Phi) is 36.3. The number of rotatable bonds is 39. The van der Waals surface area contributed by atoms with Gasteiger partial charge in [0.15, 0.2) is 6.29 Å². The Morgan fingerprint density at radius 1 is 0.458 bits per heavy atom. The lowest BCUT2D eigenvalue weighted by Crippen LogP contribution is -2.24. The summed E-state index contributed by atoms with van der Waals surface area (Å²) in [5, 5.41) is 0. The Balaban J connectivity index is 1.60.